The quantitative estimate of drug-likeness (QED) is 0.818. The number of nitrogens with zero attached hydrogens (tertiary/aromatic N) is 2. The predicted molar refractivity (Wildman–Crippen MR) is 121 cm³/mol. The smallest absolute Gasteiger partial charge is 0.317 e. The van der Waals surface area contributed by atoms with Crippen LogP contribution in [0.3, 0.4) is 0 Å². The molecule has 0 radical (unpaired) electrons. The molecule has 30 heavy (non-hydrogen) atoms. The molecule has 1 N–H and O–H groups in total. The summed E-state index contributed by atoms with van der Waals surface area (Å²) in [7, 11) is 0. The van der Waals surface area contributed by atoms with Crippen molar-refractivity contribution in [2.24, 2.45) is 5.92 Å². The zero-order valence-corrected chi connectivity index (χ0v) is 18.0. The molecule has 2 unspecified atom stereocenters. The molecule has 2 heterocycles. The Bertz CT molecular complexity index is 840. The van der Waals surface area contributed by atoms with Crippen molar-refractivity contribution >= 4 is 23.7 Å². The second kappa shape index (κ2) is 10.0. The van der Waals surface area contributed by atoms with Gasteiger partial charge in [0.15, 0.2) is 0 Å². The van der Waals surface area contributed by atoms with Crippen LogP contribution in [-0.2, 0) is 11.3 Å². The van der Waals surface area contributed by atoms with Gasteiger partial charge < -0.3 is 15.1 Å². The summed E-state index contributed by atoms with van der Waals surface area (Å²) in [6.45, 7) is 3.26. The van der Waals surface area contributed by atoms with E-state index in [2.05, 4.69) is 17.4 Å². The van der Waals surface area contributed by atoms with Gasteiger partial charge in [-0.1, -0.05) is 60.7 Å². The molecule has 5 nitrogen and oxygen atoms in total. The van der Waals surface area contributed by atoms with Crippen LogP contribution in [0.2, 0.25) is 0 Å². The third-order valence-electron chi connectivity index (χ3n) is 5.97. The van der Waals surface area contributed by atoms with Crippen LogP contribution >= 0.6 is 11.8 Å². The molecule has 2 aliphatic heterocycles. The summed E-state index contributed by atoms with van der Waals surface area (Å²) in [5.41, 5.74) is 2.27. The predicted octanol–water partition coefficient (Wildman–Crippen LogP) is 3.58. The fourth-order valence-corrected chi connectivity index (χ4v) is 5.24. The minimum Gasteiger partial charge on any atom is -0.341 e. The van der Waals surface area contributed by atoms with Crippen molar-refractivity contribution in [1.29, 1.82) is 0 Å². The molecule has 2 aliphatic rings. The van der Waals surface area contributed by atoms with Crippen LogP contribution in [0.25, 0.3) is 0 Å². The van der Waals surface area contributed by atoms with Crippen LogP contribution in [0, 0.1) is 5.92 Å². The van der Waals surface area contributed by atoms with Gasteiger partial charge in [0.1, 0.15) is 0 Å². The van der Waals surface area contributed by atoms with Gasteiger partial charge in [0.2, 0.25) is 5.91 Å². The van der Waals surface area contributed by atoms with Crippen LogP contribution in [0.15, 0.2) is 60.7 Å². The third-order valence-corrected chi connectivity index (χ3v) is 6.91. The lowest BCUT2D eigenvalue weighted by atomic mass is 9.84. The number of thioether (sulfide) groups is 1. The summed E-state index contributed by atoms with van der Waals surface area (Å²) in [5.74, 6) is 2.24. The van der Waals surface area contributed by atoms with Gasteiger partial charge >= 0.3 is 6.03 Å². The molecule has 6 heteroatoms. The maximum absolute atomic E-state index is 13.2. The van der Waals surface area contributed by atoms with Crippen molar-refractivity contribution in [1.82, 2.24) is 15.1 Å². The largest absolute Gasteiger partial charge is 0.341 e. The van der Waals surface area contributed by atoms with Crippen LogP contribution < -0.4 is 5.32 Å². The van der Waals surface area contributed by atoms with Gasteiger partial charge in [-0.3, -0.25) is 4.79 Å². The van der Waals surface area contributed by atoms with E-state index in [1.165, 1.54) is 5.56 Å². The van der Waals surface area contributed by atoms with Gasteiger partial charge in [-0.25, -0.2) is 4.79 Å². The van der Waals surface area contributed by atoms with Crippen molar-refractivity contribution < 1.29 is 9.59 Å². The van der Waals surface area contributed by atoms with Crippen LogP contribution in [0.1, 0.15) is 23.5 Å². The van der Waals surface area contributed by atoms with E-state index in [0.29, 0.717) is 19.6 Å². The summed E-state index contributed by atoms with van der Waals surface area (Å²) >= 11 is 1.90. The van der Waals surface area contributed by atoms with Crippen molar-refractivity contribution in [3.05, 3.63) is 71.8 Å². The van der Waals surface area contributed by atoms with E-state index in [1.807, 2.05) is 70.1 Å². The van der Waals surface area contributed by atoms with Crippen molar-refractivity contribution in [3.63, 3.8) is 0 Å². The van der Waals surface area contributed by atoms with Crippen LogP contribution in [0.5, 0.6) is 0 Å². The monoisotopic (exact) mass is 423 g/mol. The molecule has 0 saturated carbocycles. The highest BCUT2D eigenvalue weighted by molar-refractivity contribution is 7.99. The molecule has 0 aromatic heterocycles. The molecule has 2 aromatic carbocycles. The lowest BCUT2D eigenvalue weighted by Gasteiger charge is -2.40. The van der Waals surface area contributed by atoms with Gasteiger partial charge in [0.25, 0.3) is 0 Å². The van der Waals surface area contributed by atoms with Gasteiger partial charge in [0, 0.05) is 50.1 Å². The Hall–Kier alpha value is -2.47. The van der Waals surface area contributed by atoms with Crippen molar-refractivity contribution in [2.75, 3.05) is 37.7 Å². The maximum Gasteiger partial charge on any atom is 0.317 e. The van der Waals surface area contributed by atoms with E-state index in [4.69, 9.17) is 0 Å². The lowest BCUT2D eigenvalue weighted by Crippen LogP contribution is -2.52. The Kier molecular flexibility index (Phi) is 6.95. The fraction of sp³-hybridized carbons (Fsp3) is 0.417. The molecule has 2 atom stereocenters. The average Bonchev–Trinajstić information content (AvgIpc) is 2.83. The second-order valence-electron chi connectivity index (χ2n) is 8.03. The van der Waals surface area contributed by atoms with E-state index < -0.39 is 0 Å². The number of carbonyl (C=O) groups excluding carboxylic acids is 2. The standard InChI is InChI=1S/C24H29N3O2S/c28-23(26-11-13-30-14-12-26)22-15-21(20-9-5-2-6-10-20)17-27(18-22)24(29)25-16-19-7-3-1-4-8-19/h1-10,21-22H,11-18H2,(H,25,29). The summed E-state index contributed by atoms with van der Waals surface area (Å²) in [4.78, 5) is 30.0. The highest BCUT2D eigenvalue weighted by atomic mass is 32.2. The van der Waals surface area contributed by atoms with Crippen LogP contribution in [0.4, 0.5) is 4.79 Å². The van der Waals surface area contributed by atoms with Crippen molar-refractivity contribution in [2.45, 2.75) is 18.9 Å². The number of rotatable bonds is 4. The second-order valence-corrected chi connectivity index (χ2v) is 9.25. The normalized spacial score (nSPS) is 21.9. The van der Waals surface area contributed by atoms with Crippen LogP contribution in [-0.4, -0.2) is 59.4 Å². The molecule has 0 spiro atoms. The van der Waals surface area contributed by atoms with E-state index in [0.717, 1.165) is 36.6 Å². The first-order chi connectivity index (χ1) is 14.7. The first-order valence-electron chi connectivity index (χ1n) is 10.7. The van der Waals surface area contributed by atoms with Gasteiger partial charge in [-0.15, -0.1) is 0 Å². The minimum atomic E-state index is -0.144. The number of hydrogen-bond acceptors (Lipinski definition) is 3. The highest BCUT2D eigenvalue weighted by Crippen LogP contribution is 2.32. The zero-order valence-electron chi connectivity index (χ0n) is 17.2. The Balaban J connectivity index is 1.47. The summed E-state index contributed by atoms with van der Waals surface area (Å²) < 4.78 is 0. The van der Waals surface area contributed by atoms with E-state index in [-0.39, 0.29) is 23.8 Å². The summed E-state index contributed by atoms with van der Waals surface area (Å²) in [6.07, 6.45) is 0.801. The molecule has 158 valence electrons. The Morgan fingerprint density at radius 1 is 0.900 bits per heavy atom. The molecule has 2 fully saturated rings. The number of likely N-dealkylation sites (tertiary alicyclic amines) is 1. The third kappa shape index (κ3) is 5.17. The number of hydrogen-bond donors (Lipinski definition) is 1. The SMILES string of the molecule is O=C(NCc1ccccc1)N1CC(C(=O)N2CCSCC2)CC(c2ccccc2)C1. The topological polar surface area (TPSA) is 52.7 Å². The number of carbonyl (C=O) groups is 2. The fourth-order valence-electron chi connectivity index (χ4n) is 4.34. The summed E-state index contributed by atoms with van der Waals surface area (Å²) in [5, 5.41) is 3.04. The van der Waals surface area contributed by atoms with Gasteiger partial charge in [0.05, 0.1) is 5.92 Å². The average molecular weight is 424 g/mol. The maximum atomic E-state index is 13.2. The number of piperidine rings is 1. The molecule has 0 aliphatic carbocycles. The first kappa shape index (κ1) is 20.8. The Morgan fingerprint density at radius 3 is 2.27 bits per heavy atom. The number of urea groups is 1. The Morgan fingerprint density at radius 2 is 1.57 bits per heavy atom. The summed E-state index contributed by atoms with van der Waals surface area (Å²) in [6, 6.07) is 20.1. The van der Waals surface area contributed by atoms with E-state index in [9.17, 15) is 9.59 Å². The van der Waals surface area contributed by atoms with Gasteiger partial charge in [-0.05, 0) is 17.5 Å². The molecular formula is C24H29N3O2S. The molecule has 2 saturated heterocycles. The van der Waals surface area contributed by atoms with E-state index in [1.54, 1.807) is 0 Å². The number of nitrogens with one attached hydrogen (secondary N) is 1. The van der Waals surface area contributed by atoms with E-state index >= 15 is 0 Å². The minimum absolute atomic E-state index is 0.0912. The van der Waals surface area contributed by atoms with Gasteiger partial charge in [-0.2, -0.15) is 11.8 Å². The molecule has 0 bridgehead atoms. The molecular weight excluding hydrogens is 394 g/mol. The molecule has 4 rings (SSSR count). The number of amides is 3. The Labute approximate surface area is 182 Å². The number of benzene rings is 2. The molecule has 2 aromatic rings. The zero-order chi connectivity index (χ0) is 20.8. The molecule has 3 amide bonds. The highest BCUT2D eigenvalue weighted by Gasteiger charge is 2.36. The lowest BCUT2D eigenvalue weighted by molar-refractivity contribution is -0.136. The first-order valence-corrected chi connectivity index (χ1v) is 11.8. The van der Waals surface area contributed by atoms with Crippen molar-refractivity contribution in [3.8, 4) is 0 Å².